The molecule has 3 atom stereocenters. The molecular weight excluding hydrogens is 106 g/mol. The van der Waals surface area contributed by atoms with Crippen molar-refractivity contribution >= 4 is 11.8 Å². The van der Waals surface area contributed by atoms with Crippen molar-refractivity contribution in [2.75, 3.05) is 5.75 Å². The zero-order valence-corrected chi connectivity index (χ0v) is 4.79. The lowest BCUT2D eigenvalue weighted by molar-refractivity contribution is 0.388. The topological polar surface area (TPSA) is 12.0 Å². The summed E-state index contributed by atoms with van der Waals surface area (Å²) < 4.78 is 0.833. The van der Waals surface area contributed by atoms with Gasteiger partial charge in [-0.1, -0.05) is 0 Å². The lowest BCUT2D eigenvalue weighted by Crippen LogP contribution is -2.63. The van der Waals surface area contributed by atoms with Crippen molar-refractivity contribution < 1.29 is 0 Å². The normalized spacial score (nSPS) is 72.0. The quantitative estimate of drug-likeness (QED) is 0.482. The van der Waals surface area contributed by atoms with Crippen LogP contribution in [0.5, 0.6) is 0 Å². The summed E-state index contributed by atoms with van der Waals surface area (Å²) in [6, 6.07) is 1.90. The van der Waals surface area contributed by atoms with Crippen molar-refractivity contribution in [3.63, 3.8) is 0 Å². The molecule has 0 aromatic rings. The van der Waals surface area contributed by atoms with Crippen LogP contribution < -0.4 is 5.32 Å². The highest BCUT2D eigenvalue weighted by molar-refractivity contribution is 8.02. The van der Waals surface area contributed by atoms with Gasteiger partial charge < -0.3 is 5.32 Å². The van der Waals surface area contributed by atoms with E-state index in [1.54, 1.807) is 0 Å². The highest BCUT2D eigenvalue weighted by Gasteiger charge is 2.73. The highest BCUT2D eigenvalue weighted by Crippen LogP contribution is 2.65. The van der Waals surface area contributed by atoms with Crippen LogP contribution in [0.1, 0.15) is 6.42 Å². The van der Waals surface area contributed by atoms with E-state index in [1.165, 1.54) is 12.2 Å². The molecule has 3 aliphatic rings. The molecule has 1 saturated carbocycles. The van der Waals surface area contributed by atoms with Crippen LogP contribution in [-0.2, 0) is 0 Å². The average Bonchev–Trinajstić information content (AvgIpc) is 2.32. The van der Waals surface area contributed by atoms with Gasteiger partial charge in [0.25, 0.3) is 0 Å². The Balaban J connectivity index is 2.06. The summed E-state index contributed by atoms with van der Waals surface area (Å²) in [6.45, 7) is 0. The van der Waals surface area contributed by atoms with E-state index in [2.05, 4.69) is 17.1 Å². The summed E-state index contributed by atoms with van der Waals surface area (Å²) in [4.78, 5) is 0. The molecule has 3 rings (SSSR count). The molecule has 1 spiro atoms. The van der Waals surface area contributed by atoms with Gasteiger partial charge in [-0.2, -0.15) is 11.8 Å². The Labute approximate surface area is 46.9 Å². The maximum absolute atomic E-state index is 3.49. The number of hydrogen-bond acceptors (Lipinski definition) is 2. The summed E-state index contributed by atoms with van der Waals surface area (Å²) in [5, 5.41) is 3.49. The van der Waals surface area contributed by atoms with Gasteiger partial charge in [0.05, 0.1) is 0 Å². The first-order chi connectivity index (χ1) is 3.42. The average molecular weight is 113 g/mol. The third-order valence-corrected chi connectivity index (χ3v) is 4.24. The minimum absolute atomic E-state index is 0.833. The first kappa shape index (κ1) is 3.36. The van der Waals surface area contributed by atoms with Crippen LogP contribution in [-0.4, -0.2) is 22.6 Å². The van der Waals surface area contributed by atoms with Crippen molar-refractivity contribution in [3.05, 3.63) is 0 Å². The monoisotopic (exact) mass is 113 g/mol. The maximum atomic E-state index is 3.49. The van der Waals surface area contributed by atoms with Crippen LogP contribution in [0.25, 0.3) is 0 Å². The van der Waals surface area contributed by atoms with E-state index >= 15 is 0 Å². The first-order valence-electron chi connectivity index (χ1n) is 2.82. The van der Waals surface area contributed by atoms with Crippen LogP contribution in [0.2, 0.25) is 0 Å². The van der Waals surface area contributed by atoms with E-state index in [4.69, 9.17) is 0 Å². The second kappa shape index (κ2) is 0.669. The first-order valence-corrected chi connectivity index (χ1v) is 3.80. The smallest absolute Gasteiger partial charge is 0.0490 e. The van der Waals surface area contributed by atoms with E-state index in [0.717, 1.165) is 16.8 Å². The Morgan fingerprint density at radius 2 is 2.57 bits per heavy atom. The summed E-state index contributed by atoms with van der Waals surface area (Å²) in [7, 11) is 0. The Hall–Kier alpha value is 0.310. The van der Waals surface area contributed by atoms with E-state index < -0.39 is 0 Å². The van der Waals surface area contributed by atoms with Crippen LogP contribution >= 0.6 is 11.8 Å². The standard InChI is InChI=1S/C5H7NS/c1-3-5(1)4(6-3)2-7-5/h3-4,6H,1-2H2. The molecule has 1 aliphatic carbocycles. The van der Waals surface area contributed by atoms with Crippen molar-refractivity contribution in [2.24, 2.45) is 0 Å². The number of nitrogens with one attached hydrogen (secondary N) is 1. The molecule has 2 saturated heterocycles. The Kier molecular flexibility index (Phi) is 0.321. The van der Waals surface area contributed by atoms with Gasteiger partial charge in [0.1, 0.15) is 0 Å². The summed E-state index contributed by atoms with van der Waals surface area (Å²) in [5.41, 5.74) is 0. The molecule has 7 heavy (non-hydrogen) atoms. The summed E-state index contributed by atoms with van der Waals surface area (Å²) in [5.74, 6) is 1.39. The summed E-state index contributed by atoms with van der Waals surface area (Å²) in [6.07, 6.45) is 1.47. The predicted octanol–water partition coefficient (Wildman–Crippen LogP) is 0.216. The molecule has 3 fully saturated rings. The van der Waals surface area contributed by atoms with Crippen LogP contribution in [0.15, 0.2) is 0 Å². The molecule has 2 heterocycles. The zero-order chi connectivity index (χ0) is 4.48. The van der Waals surface area contributed by atoms with Crippen LogP contribution in [0.4, 0.5) is 0 Å². The Bertz CT molecular complexity index is 130. The molecule has 0 radical (unpaired) electrons. The molecule has 38 valence electrons. The fourth-order valence-electron chi connectivity index (χ4n) is 1.72. The molecule has 1 nitrogen and oxygen atoms in total. The van der Waals surface area contributed by atoms with Crippen molar-refractivity contribution in [3.8, 4) is 0 Å². The van der Waals surface area contributed by atoms with Gasteiger partial charge in [0.15, 0.2) is 0 Å². The van der Waals surface area contributed by atoms with Gasteiger partial charge in [0.2, 0.25) is 0 Å². The predicted molar refractivity (Wildman–Crippen MR) is 30.5 cm³/mol. The number of rotatable bonds is 0. The van der Waals surface area contributed by atoms with Crippen molar-refractivity contribution in [1.82, 2.24) is 5.32 Å². The van der Waals surface area contributed by atoms with Crippen molar-refractivity contribution in [2.45, 2.75) is 23.3 Å². The van der Waals surface area contributed by atoms with E-state index in [0.29, 0.717) is 0 Å². The second-order valence-corrected chi connectivity index (χ2v) is 4.12. The van der Waals surface area contributed by atoms with Gasteiger partial charge >= 0.3 is 0 Å². The second-order valence-electron chi connectivity index (χ2n) is 2.74. The minimum atomic E-state index is 0.833. The van der Waals surface area contributed by atoms with Crippen LogP contribution in [0, 0.1) is 0 Å². The zero-order valence-electron chi connectivity index (χ0n) is 3.98. The molecule has 2 heteroatoms. The fraction of sp³-hybridized carbons (Fsp3) is 1.00. The molecule has 1 N–H and O–H groups in total. The van der Waals surface area contributed by atoms with Crippen molar-refractivity contribution in [1.29, 1.82) is 0 Å². The van der Waals surface area contributed by atoms with Crippen LogP contribution in [0.3, 0.4) is 0 Å². The van der Waals surface area contributed by atoms with Gasteiger partial charge in [-0.3, -0.25) is 0 Å². The number of thioether (sulfide) groups is 1. The number of hydrogen-bond donors (Lipinski definition) is 1. The maximum Gasteiger partial charge on any atom is 0.0490 e. The van der Waals surface area contributed by atoms with E-state index in [1.807, 2.05) is 0 Å². The van der Waals surface area contributed by atoms with Gasteiger partial charge in [-0.25, -0.2) is 0 Å². The molecule has 3 unspecified atom stereocenters. The molecular formula is C5H7NS. The van der Waals surface area contributed by atoms with E-state index in [-0.39, 0.29) is 0 Å². The molecule has 2 aliphatic heterocycles. The molecule has 0 aromatic heterocycles. The summed E-state index contributed by atoms with van der Waals surface area (Å²) >= 11 is 2.17. The Morgan fingerprint density at radius 3 is 2.57 bits per heavy atom. The SMILES string of the molecule is C1SC23CC2NC13. The fourth-order valence-corrected chi connectivity index (χ4v) is 3.20. The lowest BCUT2D eigenvalue weighted by atomic mass is 10.1. The lowest BCUT2D eigenvalue weighted by Gasteiger charge is -2.46. The van der Waals surface area contributed by atoms with Gasteiger partial charge in [-0.15, -0.1) is 0 Å². The third-order valence-electron chi connectivity index (χ3n) is 2.46. The Morgan fingerprint density at radius 1 is 1.57 bits per heavy atom. The molecule has 0 amide bonds. The molecule has 0 aromatic carbocycles. The third kappa shape index (κ3) is 0.183. The molecule has 0 bridgehead atoms. The minimum Gasteiger partial charge on any atom is -0.307 e. The van der Waals surface area contributed by atoms with Gasteiger partial charge in [0, 0.05) is 22.6 Å². The van der Waals surface area contributed by atoms with E-state index in [9.17, 15) is 0 Å². The highest BCUT2D eigenvalue weighted by atomic mass is 32.2. The largest absolute Gasteiger partial charge is 0.307 e. The van der Waals surface area contributed by atoms with Gasteiger partial charge in [-0.05, 0) is 6.42 Å².